The van der Waals surface area contributed by atoms with Gasteiger partial charge in [0.05, 0.1) is 19.1 Å². The fourth-order valence-electron chi connectivity index (χ4n) is 1.99. The molecule has 0 amide bonds. The van der Waals surface area contributed by atoms with Gasteiger partial charge in [0.1, 0.15) is 0 Å². The molecule has 20 heavy (non-hydrogen) atoms. The molecule has 5 heteroatoms. The molecule has 1 aliphatic rings. The highest BCUT2D eigenvalue weighted by atomic mass is 16.7. The zero-order valence-electron chi connectivity index (χ0n) is 11.6. The van der Waals surface area contributed by atoms with Crippen LogP contribution in [0, 0.1) is 0 Å². The Balaban J connectivity index is 1.81. The lowest BCUT2D eigenvalue weighted by molar-refractivity contribution is 0.0514. The summed E-state index contributed by atoms with van der Waals surface area (Å²) in [6.45, 7) is 4.48. The highest BCUT2D eigenvalue weighted by Gasteiger charge is 2.18. The van der Waals surface area contributed by atoms with Gasteiger partial charge >= 0.3 is 0 Å². The largest absolute Gasteiger partial charge is 0.454 e. The van der Waals surface area contributed by atoms with Crippen molar-refractivity contribution in [3.8, 4) is 11.5 Å². The molecule has 0 N–H and O–H groups in total. The Kier molecular flexibility index (Phi) is 5.83. The van der Waals surface area contributed by atoms with Crippen molar-refractivity contribution in [2.45, 2.75) is 19.3 Å². The number of ether oxygens (including phenoxy) is 4. The zero-order chi connectivity index (χ0) is 14.2. The number of hydrogen-bond acceptors (Lipinski definition) is 5. The molecule has 1 aromatic rings. The fourth-order valence-corrected chi connectivity index (χ4v) is 1.99. The molecular formula is C15H19O5. The SMILES string of the molecule is CCOCCOCCC([C]=O)c1ccc2c(c1)OCO2. The van der Waals surface area contributed by atoms with E-state index in [-0.39, 0.29) is 12.7 Å². The molecule has 1 aliphatic heterocycles. The van der Waals surface area contributed by atoms with Crippen LogP contribution in [0.2, 0.25) is 0 Å². The fraction of sp³-hybridized carbons (Fsp3) is 0.533. The molecule has 1 aromatic carbocycles. The predicted octanol–water partition coefficient (Wildman–Crippen LogP) is 2.05. The van der Waals surface area contributed by atoms with Gasteiger partial charge in [-0.05, 0) is 31.0 Å². The van der Waals surface area contributed by atoms with Gasteiger partial charge in [0.15, 0.2) is 11.5 Å². The second kappa shape index (κ2) is 7.87. The minimum Gasteiger partial charge on any atom is -0.454 e. The molecule has 0 fully saturated rings. The van der Waals surface area contributed by atoms with Gasteiger partial charge in [0.2, 0.25) is 13.1 Å². The van der Waals surface area contributed by atoms with Crippen molar-refractivity contribution in [1.29, 1.82) is 0 Å². The van der Waals surface area contributed by atoms with E-state index >= 15 is 0 Å². The molecule has 2 rings (SSSR count). The second-order valence-corrected chi connectivity index (χ2v) is 4.38. The second-order valence-electron chi connectivity index (χ2n) is 4.38. The third-order valence-electron chi connectivity index (χ3n) is 3.07. The summed E-state index contributed by atoms with van der Waals surface area (Å²) in [6, 6.07) is 5.51. The van der Waals surface area contributed by atoms with Crippen LogP contribution in [0.1, 0.15) is 24.8 Å². The van der Waals surface area contributed by atoms with Gasteiger partial charge in [-0.15, -0.1) is 0 Å². The lowest BCUT2D eigenvalue weighted by atomic mass is 9.97. The Hall–Kier alpha value is -1.59. The highest BCUT2D eigenvalue weighted by molar-refractivity contribution is 5.64. The molecule has 0 spiro atoms. The maximum atomic E-state index is 11.1. The van der Waals surface area contributed by atoms with Crippen molar-refractivity contribution >= 4 is 6.29 Å². The summed E-state index contributed by atoms with van der Waals surface area (Å²) in [5.74, 6) is 1.09. The summed E-state index contributed by atoms with van der Waals surface area (Å²) in [4.78, 5) is 11.1. The predicted molar refractivity (Wildman–Crippen MR) is 72.9 cm³/mol. The van der Waals surface area contributed by atoms with E-state index in [1.54, 1.807) is 0 Å². The monoisotopic (exact) mass is 279 g/mol. The van der Waals surface area contributed by atoms with Crippen LogP contribution in [-0.2, 0) is 14.3 Å². The lowest BCUT2D eigenvalue weighted by Crippen LogP contribution is -2.09. The molecule has 0 aliphatic carbocycles. The third kappa shape index (κ3) is 3.95. The van der Waals surface area contributed by atoms with Crippen molar-refractivity contribution < 1.29 is 23.7 Å². The molecular weight excluding hydrogens is 260 g/mol. The maximum Gasteiger partial charge on any atom is 0.231 e. The number of carbonyl (C=O) groups excluding carboxylic acids is 1. The average molecular weight is 279 g/mol. The Bertz CT molecular complexity index is 432. The highest BCUT2D eigenvalue weighted by Crippen LogP contribution is 2.34. The third-order valence-corrected chi connectivity index (χ3v) is 3.07. The molecule has 0 bridgehead atoms. The van der Waals surface area contributed by atoms with E-state index in [1.807, 2.05) is 25.1 Å². The van der Waals surface area contributed by atoms with Crippen LogP contribution in [0.5, 0.6) is 11.5 Å². The van der Waals surface area contributed by atoms with Crippen LogP contribution >= 0.6 is 0 Å². The number of benzene rings is 1. The number of fused-ring (bicyclic) bond motifs is 1. The van der Waals surface area contributed by atoms with Crippen molar-refractivity contribution in [2.24, 2.45) is 0 Å². The first-order chi connectivity index (χ1) is 9.85. The summed E-state index contributed by atoms with van der Waals surface area (Å²) in [6.07, 6.45) is 2.65. The van der Waals surface area contributed by atoms with E-state index in [2.05, 4.69) is 6.29 Å². The Morgan fingerprint density at radius 2 is 2.00 bits per heavy atom. The molecule has 1 radical (unpaired) electrons. The molecule has 1 heterocycles. The Labute approximate surface area is 118 Å². The first-order valence-corrected chi connectivity index (χ1v) is 6.78. The first-order valence-electron chi connectivity index (χ1n) is 6.78. The quantitative estimate of drug-likeness (QED) is 0.648. The van der Waals surface area contributed by atoms with Crippen molar-refractivity contribution in [3.63, 3.8) is 0 Å². The van der Waals surface area contributed by atoms with Gasteiger partial charge in [0, 0.05) is 13.2 Å². The summed E-state index contributed by atoms with van der Waals surface area (Å²) in [5.41, 5.74) is 0.873. The van der Waals surface area contributed by atoms with Gasteiger partial charge in [-0.1, -0.05) is 6.07 Å². The molecule has 1 atom stereocenters. The topological polar surface area (TPSA) is 54.0 Å². The van der Waals surface area contributed by atoms with Gasteiger partial charge < -0.3 is 18.9 Å². The van der Waals surface area contributed by atoms with Gasteiger partial charge in [-0.2, -0.15) is 0 Å². The zero-order valence-corrected chi connectivity index (χ0v) is 11.6. The maximum absolute atomic E-state index is 11.1. The molecule has 0 saturated carbocycles. The van der Waals surface area contributed by atoms with Crippen LogP contribution in [0.3, 0.4) is 0 Å². The van der Waals surface area contributed by atoms with Crippen LogP contribution in [0.25, 0.3) is 0 Å². The van der Waals surface area contributed by atoms with Crippen LogP contribution in [-0.4, -0.2) is 39.5 Å². The van der Waals surface area contributed by atoms with Gasteiger partial charge in [0.25, 0.3) is 0 Å². The van der Waals surface area contributed by atoms with Crippen LogP contribution in [0.15, 0.2) is 18.2 Å². The van der Waals surface area contributed by atoms with Gasteiger partial charge in [-0.3, -0.25) is 4.79 Å². The van der Waals surface area contributed by atoms with E-state index < -0.39 is 0 Å². The van der Waals surface area contributed by atoms with E-state index in [0.29, 0.717) is 44.3 Å². The van der Waals surface area contributed by atoms with Crippen LogP contribution < -0.4 is 9.47 Å². The molecule has 109 valence electrons. The smallest absolute Gasteiger partial charge is 0.231 e. The minimum absolute atomic E-state index is 0.231. The Morgan fingerprint density at radius 1 is 1.20 bits per heavy atom. The number of rotatable bonds is 9. The standard InChI is InChI=1S/C15H19O5/c1-2-17-7-8-18-6-5-13(10-16)12-3-4-14-15(9-12)20-11-19-14/h3-4,9,13H,2,5-8,11H2,1H3. The normalized spacial score (nSPS) is 14.2. The summed E-state index contributed by atoms with van der Waals surface area (Å²) in [5, 5.41) is 0. The van der Waals surface area contributed by atoms with Crippen molar-refractivity contribution in [2.75, 3.05) is 33.2 Å². The Morgan fingerprint density at radius 3 is 2.80 bits per heavy atom. The van der Waals surface area contributed by atoms with Crippen LogP contribution in [0.4, 0.5) is 0 Å². The van der Waals surface area contributed by atoms with Crippen molar-refractivity contribution in [3.05, 3.63) is 23.8 Å². The number of hydrogen-bond donors (Lipinski definition) is 0. The summed E-state index contributed by atoms with van der Waals surface area (Å²) in [7, 11) is 0. The first kappa shape index (κ1) is 14.8. The molecule has 0 aromatic heterocycles. The molecule has 5 nitrogen and oxygen atoms in total. The van der Waals surface area contributed by atoms with Gasteiger partial charge in [-0.25, -0.2) is 0 Å². The average Bonchev–Trinajstić information content (AvgIpc) is 2.94. The summed E-state index contributed by atoms with van der Waals surface area (Å²) >= 11 is 0. The lowest BCUT2D eigenvalue weighted by Gasteiger charge is -2.11. The summed E-state index contributed by atoms with van der Waals surface area (Å²) < 4.78 is 21.1. The minimum atomic E-state index is -0.309. The van der Waals surface area contributed by atoms with E-state index in [4.69, 9.17) is 18.9 Å². The van der Waals surface area contributed by atoms with E-state index in [0.717, 1.165) is 5.56 Å². The van der Waals surface area contributed by atoms with E-state index in [9.17, 15) is 4.79 Å². The van der Waals surface area contributed by atoms with E-state index in [1.165, 1.54) is 0 Å². The van der Waals surface area contributed by atoms with Crippen molar-refractivity contribution in [1.82, 2.24) is 0 Å². The molecule has 0 saturated heterocycles. The molecule has 1 unspecified atom stereocenters.